The Hall–Kier alpha value is -1.75. The first kappa shape index (κ1) is 11.7. The third-order valence-corrected chi connectivity index (χ3v) is 3.20. The van der Waals surface area contributed by atoms with Gasteiger partial charge in [0.25, 0.3) is 0 Å². The molecule has 0 unspecified atom stereocenters. The van der Waals surface area contributed by atoms with Crippen LogP contribution in [0.1, 0.15) is 11.8 Å². The van der Waals surface area contributed by atoms with Crippen LogP contribution < -0.4 is 15.8 Å². The minimum absolute atomic E-state index is 0.630. The predicted molar refractivity (Wildman–Crippen MR) is 71.5 cm³/mol. The van der Waals surface area contributed by atoms with Crippen LogP contribution >= 0.6 is 11.3 Å². The first-order valence-electron chi connectivity index (χ1n) is 5.44. The highest BCUT2D eigenvalue weighted by atomic mass is 32.1. The SMILES string of the molecule is CCOc1ccc(NCc2sccc2N)cn1. The predicted octanol–water partition coefficient (Wildman–Crippen LogP) is 2.74. The highest BCUT2D eigenvalue weighted by molar-refractivity contribution is 7.10. The molecule has 0 aliphatic carbocycles. The molecule has 2 aromatic rings. The Balaban J connectivity index is 1.93. The van der Waals surface area contributed by atoms with E-state index in [4.69, 9.17) is 10.5 Å². The molecule has 3 N–H and O–H groups in total. The minimum atomic E-state index is 0.630. The maximum Gasteiger partial charge on any atom is 0.213 e. The lowest BCUT2D eigenvalue weighted by molar-refractivity contribution is 0.327. The second-order valence-corrected chi connectivity index (χ2v) is 4.47. The molecule has 0 aliphatic rings. The molecule has 0 radical (unpaired) electrons. The van der Waals surface area contributed by atoms with Gasteiger partial charge < -0.3 is 15.8 Å². The van der Waals surface area contributed by atoms with Gasteiger partial charge in [0.1, 0.15) is 0 Å². The third-order valence-electron chi connectivity index (χ3n) is 2.26. The number of nitrogens with two attached hydrogens (primary N) is 1. The average Bonchev–Trinajstić information content (AvgIpc) is 2.75. The first-order chi connectivity index (χ1) is 8.29. The summed E-state index contributed by atoms with van der Waals surface area (Å²) in [5, 5.41) is 5.26. The third kappa shape index (κ3) is 3.10. The van der Waals surface area contributed by atoms with Crippen molar-refractivity contribution in [2.45, 2.75) is 13.5 Å². The fourth-order valence-corrected chi connectivity index (χ4v) is 2.13. The van der Waals surface area contributed by atoms with Gasteiger partial charge in [-0.1, -0.05) is 0 Å². The molecule has 0 fully saturated rings. The molecule has 17 heavy (non-hydrogen) atoms. The van der Waals surface area contributed by atoms with Crippen molar-refractivity contribution in [1.29, 1.82) is 0 Å². The number of nitrogens with zero attached hydrogens (tertiary/aromatic N) is 1. The molecule has 90 valence electrons. The Labute approximate surface area is 104 Å². The van der Waals surface area contributed by atoms with E-state index in [9.17, 15) is 0 Å². The molecule has 0 saturated carbocycles. The number of thiophene rings is 1. The molecule has 2 aromatic heterocycles. The Morgan fingerprint density at radius 3 is 2.88 bits per heavy atom. The second-order valence-electron chi connectivity index (χ2n) is 3.47. The molecule has 0 amide bonds. The molecule has 4 nitrogen and oxygen atoms in total. The van der Waals surface area contributed by atoms with Crippen LogP contribution in [0.15, 0.2) is 29.8 Å². The van der Waals surface area contributed by atoms with Crippen molar-refractivity contribution < 1.29 is 4.74 Å². The van der Waals surface area contributed by atoms with Crippen LogP contribution in [-0.2, 0) is 6.54 Å². The van der Waals surface area contributed by atoms with Crippen LogP contribution in [0.3, 0.4) is 0 Å². The van der Waals surface area contributed by atoms with Gasteiger partial charge in [-0.15, -0.1) is 11.3 Å². The summed E-state index contributed by atoms with van der Waals surface area (Å²) in [7, 11) is 0. The minimum Gasteiger partial charge on any atom is -0.478 e. The van der Waals surface area contributed by atoms with Crippen LogP contribution in [0.5, 0.6) is 5.88 Å². The zero-order valence-corrected chi connectivity index (χ0v) is 10.5. The summed E-state index contributed by atoms with van der Waals surface area (Å²) in [5.41, 5.74) is 7.60. The van der Waals surface area contributed by atoms with Crippen LogP contribution in [-0.4, -0.2) is 11.6 Å². The molecular formula is C12H15N3OS. The van der Waals surface area contributed by atoms with E-state index in [2.05, 4.69) is 10.3 Å². The summed E-state index contributed by atoms with van der Waals surface area (Å²) in [6, 6.07) is 5.71. The highest BCUT2D eigenvalue weighted by Crippen LogP contribution is 2.20. The van der Waals surface area contributed by atoms with Crippen molar-refractivity contribution in [3.8, 4) is 5.88 Å². The molecule has 0 saturated heterocycles. The van der Waals surface area contributed by atoms with E-state index in [0.29, 0.717) is 12.5 Å². The zero-order chi connectivity index (χ0) is 12.1. The monoisotopic (exact) mass is 249 g/mol. The number of hydrogen-bond acceptors (Lipinski definition) is 5. The van der Waals surface area contributed by atoms with Gasteiger partial charge in [0, 0.05) is 16.6 Å². The van der Waals surface area contributed by atoms with Gasteiger partial charge in [0.15, 0.2) is 0 Å². The van der Waals surface area contributed by atoms with Crippen molar-refractivity contribution >= 4 is 22.7 Å². The number of rotatable bonds is 5. The average molecular weight is 249 g/mol. The standard InChI is InChI=1S/C12H15N3OS/c1-2-16-12-4-3-9(7-15-12)14-8-11-10(13)5-6-17-11/h3-7,14H,2,8,13H2,1H3. The number of pyridine rings is 1. The summed E-state index contributed by atoms with van der Waals surface area (Å²) < 4.78 is 5.27. The van der Waals surface area contributed by atoms with E-state index in [0.717, 1.165) is 22.8 Å². The summed E-state index contributed by atoms with van der Waals surface area (Å²) in [6.07, 6.45) is 1.76. The van der Waals surface area contributed by atoms with Crippen LogP contribution in [0.2, 0.25) is 0 Å². The van der Waals surface area contributed by atoms with Crippen molar-refractivity contribution in [2.75, 3.05) is 17.7 Å². The number of hydrogen-bond donors (Lipinski definition) is 2. The van der Waals surface area contributed by atoms with E-state index in [-0.39, 0.29) is 0 Å². The van der Waals surface area contributed by atoms with E-state index in [1.165, 1.54) is 0 Å². The number of aromatic nitrogens is 1. The zero-order valence-electron chi connectivity index (χ0n) is 9.64. The topological polar surface area (TPSA) is 60.2 Å². The number of ether oxygens (including phenoxy) is 1. The van der Waals surface area contributed by atoms with E-state index in [1.807, 2.05) is 30.5 Å². The Bertz CT molecular complexity index is 467. The van der Waals surface area contributed by atoms with Gasteiger partial charge in [-0.2, -0.15) is 0 Å². The van der Waals surface area contributed by atoms with Crippen LogP contribution in [0.4, 0.5) is 11.4 Å². The Kier molecular flexibility index (Phi) is 3.82. The first-order valence-corrected chi connectivity index (χ1v) is 6.32. The Morgan fingerprint density at radius 1 is 1.41 bits per heavy atom. The van der Waals surface area contributed by atoms with Crippen LogP contribution in [0.25, 0.3) is 0 Å². The van der Waals surface area contributed by atoms with Crippen LogP contribution in [0, 0.1) is 0 Å². The van der Waals surface area contributed by atoms with E-state index >= 15 is 0 Å². The van der Waals surface area contributed by atoms with Gasteiger partial charge in [0.05, 0.1) is 25.0 Å². The molecule has 0 aromatic carbocycles. The maximum atomic E-state index is 5.80. The number of anilines is 2. The normalized spacial score (nSPS) is 10.2. The quantitative estimate of drug-likeness (QED) is 0.855. The maximum absolute atomic E-state index is 5.80. The lowest BCUT2D eigenvalue weighted by Gasteiger charge is -2.06. The van der Waals surface area contributed by atoms with Crippen molar-refractivity contribution in [3.63, 3.8) is 0 Å². The van der Waals surface area contributed by atoms with E-state index in [1.54, 1.807) is 17.5 Å². The van der Waals surface area contributed by atoms with Crippen molar-refractivity contribution in [1.82, 2.24) is 4.98 Å². The van der Waals surface area contributed by atoms with Gasteiger partial charge in [0.2, 0.25) is 5.88 Å². The largest absolute Gasteiger partial charge is 0.478 e. The van der Waals surface area contributed by atoms with Crippen molar-refractivity contribution in [3.05, 3.63) is 34.7 Å². The van der Waals surface area contributed by atoms with Gasteiger partial charge in [-0.25, -0.2) is 4.98 Å². The second kappa shape index (κ2) is 5.54. The van der Waals surface area contributed by atoms with Gasteiger partial charge >= 0.3 is 0 Å². The fourth-order valence-electron chi connectivity index (χ4n) is 1.39. The molecule has 0 aliphatic heterocycles. The molecule has 0 spiro atoms. The lowest BCUT2D eigenvalue weighted by Crippen LogP contribution is -2.01. The highest BCUT2D eigenvalue weighted by Gasteiger charge is 2.01. The molecule has 5 heteroatoms. The summed E-state index contributed by atoms with van der Waals surface area (Å²) in [5.74, 6) is 0.647. The fraction of sp³-hybridized carbons (Fsp3) is 0.250. The van der Waals surface area contributed by atoms with Crippen molar-refractivity contribution in [2.24, 2.45) is 0 Å². The number of nitrogens with one attached hydrogen (secondary N) is 1. The van der Waals surface area contributed by atoms with Gasteiger partial charge in [-0.05, 0) is 24.4 Å². The molecule has 0 bridgehead atoms. The molecular weight excluding hydrogens is 234 g/mol. The summed E-state index contributed by atoms with van der Waals surface area (Å²) >= 11 is 1.65. The lowest BCUT2D eigenvalue weighted by atomic mass is 10.3. The molecule has 2 rings (SSSR count). The van der Waals surface area contributed by atoms with Gasteiger partial charge in [-0.3, -0.25) is 0 Å². The molecule has 0 atom stereocenters. The number of nitrogen functional groups attached to an aromatic ring is 1. The smallest absolute Gasteiger partial charge is 0.213 e. The van der Waals surface area contributed by atoms with E-state index < -0.39 is 0 Å². The molecule has 2 heterocycles. The summed E-state index contributed by atoms with van der Waals surface area (Å²) in [6.45, 7) is 3.29. The summed E-state index contributed by atoms with van der Waals surface area (Å²) in [4.78, 5) is 5.32. The Morgan fingerprint density at radius 2 is 2.29 bits per heavy atom.